The van der Waals surface area contributed by atoms with E-state index in [4.69, 9.17) is 25.2 Å². The summed E-state index contributed by atoms with van der Waals surface area (Å²) in [7, 11) is 2.18. The van der Waals surface area contributed by atoms with Crippen molar-refractivity contribution >= 4 is 11.9 Å². The van der Waals surface area contributed by atoms with E-state index in [2.05, 4.69) is 25.5 Å². The lowest BCUT2D eigenvalue weighted by Crippen LogP contribution is -2.42. The number of rotatable bonds is 3. The molecule has 2 fully saturated rings. The molecule has 0 aromatic carbocycles. The van der Waals surface area contributed by atoms with Crippen molar-refractivity contribution in [2.24, 2.45) is 0 Å². The maximum Gasteiger partial charge on any atom is 0.335 e. The molecule has 0 aromatic heterocycles. The molecule has 2 aliphatic rings. The van der Waals surface area contributed by atoms with Crippen LogP contribution in [0, 0.1) is 0 Å². The molecule has 0 saturated carbocycles. The molecule has 0 radical (unpaired) electrons. The Kier molecular flexibility index (Phi) is 8.52. The zero-order valence-corrected chi connectivity index (χ0v) is 13.9. The highest BCUT2D eigenvalue weighted by molar-refractivity contribution is 5.83. The smallest absolute Gasteiger partial charge is 0.335 e. The minimum Gasteiger partial charge on any atom is -0.479 e. The van der Waals surface area contributed by atoms with Gasteiger partial charge in [0.2, 0.25) is 0 Å². The molecule has 0 bridgehead atoms. The Labute approximate surface area is 140 Å². The Bertz CT molecular complexity index is 440. The van der Waals surface area contributed by atoms with Gasteiger partial charge in [-0.05, 0) is 38.8 Å². The molecule has 2 rings (SSSR count). The molecule has 1 spiro atoms. The van der Waals surface area contributed by atoms with Gasteiger partial charge in [-0.1, -0.05) is 6.58 Å². The summed E-state index contributed by atoms with van der Waals surface area (Å²) in [5, 5.41) is 32.5. The van der Waals surface area contributed by atoms with Gasteiger partial charge in [0.15, 0.2) is 12.2 Å². The molecule has 0 aliphatic carbocycles. The van der Waals surface area contributed by atoms with Gasteiger partial charge in [-0.2, -0.15) is 0 Å². The fourth-order valence-corrected chi connectivity index (χ4v) is 2.65. The van der Waals surface area contributed by atoms with Crippen molar-refractivity contribution in [3.05, 3.63) is 12.2 Å². The number of likely N-dealkylation sites (tertiary alicyclic amines) is 1. The van der Waals surface area contributed by atoms with Gasteiger partial charge in [0.1, 0.15) is 0 Å². The molecule has 2 saturated heterocycles. The Morgan fingerprint density at radius 1 is 1.21 bits per heavy atom. The normalized spacial score (nSPS) is 25.2. The number of aliphatic carboxylic acids is 2. The first kappa shape index (κ1) is 22.5. The summed E-state index contributed by atoms with van der Waals surface area (Å²) in [6.07, 6.45) is -0.819. The molecule has 2 unspecified atom stereocenters. The zero-order chi connectivity index (χ0) is 17.8. The van der Waals surface area contributed by atoms with Crippen LogP contribution in [0.2, 0.25) is 0 Å². The number of hydrogen-bond acceptors (Lipinski definition) is 6. The molecule has 140 valence electrons. The Morgan fingerprint density at radius 3 is 1.92 bits per heavy atom. The second kappa shape index (κ2) is 9.09. The van der Waals surface area contributed by atoms with E-state index >= 15 is 0 Å². The molecule has 0 aromatic rings. The average molecular weight is 349 g/mol. The van der Waals surface area contributed by atoms with Crippen molar-refractivity contribution in [2.45, 2.75) is 50.1 Å². The van der Waals surface area contributed by atoms with Gasteiger partial charge in [-0.25, -0.2) is 9.59 Å². The van der Waals surface area contributed by atoms with Crippen LogP contribution in [0.4, 0.5) is 0 Å². The first-order valence-corrected chi connectivity index (χ1v) is 7.44. The summed E-state index contributed by atoms with van der Waals surface area (Å²) in [5.41, 5.74) is 1.44. The van der Waals surface area contributed by atoms with Crippen LogP contribution >= 0.6 is 0 Å². The minimum absolute atomic E-state index is 0. The van der Waals surface area contributed by atoms with Gasteiger partial charge in [-0.3, -0.25) is 0 Å². The number of ether oxygens (including phenoxy) is 1. The molecule has 2 aliphatic heterocycles. The standard InChI is InChI=1S/C11H19NO.C4H6O6.H2O/c1-9-8-11(13-10(9)2)4-6-12(3)7-5-11;5-1(3(7)8)2(6)4(9)10;/h10H,1,4-8H2,2-3H3;1-2,5-6H,(H,7,8)(H,9,10);1H2/t10-;;/m0../s1. The predicted molar refractivity (Wildman–Crippen MR) is 84.7 cm³/mol. The minimum atomic E-state index is -2.27. The fourth-order valence-electron chi connectivity index (χ4n) is 2.65. The Hall–Kier alpha value is -1.52. The first-order chi connectivity index (χ1) is 10.6. The van der Waals surface area contributed by atoms with Crippen LogP contribution in [0.1, 0.15) is 26.2 Å². The number of aliphatic hydroxyl groups is 2. The molecule has 9 heteroatoms. The van der Waals surface area contributed by atoms with E-state index in [1.165, 1.54) is 31.5 Å². The lowest BCUT2D eigenvalue weighted by molar-refractivity contribution is -0.165. The fraction of sp³-hybridized carbons (Fsp3) is 0.733. The summed E-state index contributed by atoms with van der Waals surface area (Å²) in [6, 6.07) is 0. The van der Waals surface area contributed by atoms with Crippen molar-refractivity contribution in [3.63, 3.8) is 0 Å². The van der Waals surface area contributed by atoms with E-state index in [1.54, 1.807) is 0 Å². The van der Waals surface area contributed by atoms with Crippen LogP contribution in [0.15, 0.2) is 12.2 Å². The number of carbonyl (C=O) groups is 2. The van der Waals surface area contributed by atoms with Gasteiger partial charge in [-0.15, -0.1) is 0 Å². The number of aliphatic hydroxyl groups excluding tert-OH is 2. The van der Waals surface area contributed by atoms with E-state index in [9.17, 15) is 9.59 Å². The maximum atomic E-state index is 9.77. The quantitative estimate of drug-likeness (QED) is 0.466. The monoisotopic (exact) mass is 349 g/mol. The third-order valence-electron chi connectivity index (χ3n) is 4.25. The summed E-state index contributed by atoms with van der Waals surface area (Å²) in [4.78, 5) is 21.9. The van der Waals surface area contributed by atoms with E-state index in [1.807, 2.05) is 0 Å². The lowest BCUT2D eigenvalue weighted by atomic mass is 9.87. The second-order valence-electron chi connectivity index (χ2n) is 6.15. The highest BCUT2D eigenvalue weighted by atomic mass is 16.5. The van der Waals surface area contributed by atoms with Crippen molar-refractivity contribution in [2.75, 3.05) is 20.1 Å². The lowest BCUT2D eigenvalue weighted by Gasteiger charge is -2.37. The van der Waals surface area contributed by atoms with Crippen LogP contribution in [-0.4, -0.2) is 86.8 Å². The maximum absolute atomic E-state index is 9.77. The molecule has 9 nitrogen and oxygen atoms in total. The van der Waals surface area contributed by atoms with E-state index < -0.39 is 24.1 Å². The van der Waals surface area contributed by atoms with Crippen molar-refractivity contribution < 1.29 is 40.2 Å². The van der Waals surface area contributed by atoms with Crippen LogP contribution in [0.3, 0.4) is 0 Å². The number of nitrogens with zero attached hydrogens (tertiary/aromatic N) is 1. The van der Waals surface area contributed by atoms with Crippen LogP contribution in [0.25, 0.3) is 0 Å². The molecule has 6 N–H and O–H groups in total. The topological polar surface area (TPSA) is 159 Å². The van der Waals surface area contributed by atoms with Crippen LogP contribution in [-0.2, 0) is 14.3 Å². The van der Waals surface area contributed by atoms with Gasteiger partial charge in [0, 0.05) is 13.1 Å². The molecule has 3 atom stereocenters. The van der Waals surface area contributed by atoms with E-state index in [0.717, 1.165) is 6.42 Å². The Morgan fingerprint density at radius 2 is 1.62 bits per heavy atom. The SMILES string of the molecule is C=C1CC2(CCN(C)CC2)O[C@H]1C.O.O=C(O)C(O)C(O)C(=O)O. The van der Waals surface area contributed by atoms with E-state index in [0.29, 0.717) is 0 Å². The zero-order valence-electron chi connectivity index (χ0n) is 13.9. The molecule has 2 heterocycles. The number of hydrogen-bond donors (Lipinski definition) is 4. The molecule has 0 amide bonds. The molecular formula is C15H27NO8. The highest BCUT2D eigenvalue weighted by Gasteiger charge is 2.42. The first-order valence-electron chi connectivity index (χ1n) is 7.44. The van der Waals surface area contributed by atoms with Crippen LogP contribution < -0.4 is 0 Å². The van der Waals surface area contributed by atoms with Gasteiger partial charge < -0.3 is 35.5 Å². The number of carboxylic acids is 2. The Balaban J connectivity index is 0.000000441. The summed E-state index contributed by atoms with van der Waals surface area (Å²) < 4.78 is 6.02. The largest absolute Gasteiger partial charge is 0.479 e. The van der Waals surface area contributed by atoms with Crippen molar-refractivity contribution in [3.8, 4) is 0 Å². The molecule has 24 heavy (non-hydrogen) atoms. The average Bonchev–Trinajstić information content (AvgIpc) is 2.76. The van der Waals surface area contributed by atoms with E-state index in [-0.39, 0.29) is 17.2 Å². The summed E-state index contributed by atoms with van der Waals surface area (Å²) in [5.74, 6) is -3.54. The van der Waals surface area contributed by atoms with Crippen LogP contribution in [0.5, 0.6) is 0 Å². The van der Waals surface area contributed by atoms with Crippen molar-refractivity contribution in [1.82, 2.24) is 4.90 Å². The summed E-state index contributed by atoms with van der Waals surface area (Å²) >= 11 is 0. The second-order valence-corrected chi connectivity index (χ2v) is 6.15. The van der Waals surface area contributed by atoms with Gasteiger partial charge in [0.25, 0.3) is 0 Å². The van der Waals surface area contributed by atoms with Gasteiger partial charge >= 0.3 is 11.9 Å². The van der Waals surface area contributed by atoms with Crippen molar-refractivity contribution in [1.29, 1.82) is 0 Å². The number of carboxylic acid groups (broad SMARTS) is 2. The number of piperidine rings is 1. The molecular weight excluding hydrogens is 322 g/mol. The van der Waals surface area contributed by atoms with Gasteiger partial charge in [0.05, 0.1) is 11.7 Å². The third kappa shape index (κ3) is 5.84. The highest BCUT2D eigenvalue weighted by Crippen LogP contribution is 2.40. The predicted octanol–water partition coefficient (Wildman–Crippen LogP) is -1.13. The summed E-state index contributed by atoms with van der Waals surface area (Å²) in [6.45, 7) is 8.52. The third-order valence-corrected chi connectivity index (χ3v) is 4.25.